The van der Waals surface area contributed by atoms with Crippen LogP contribution in [0, 0.1) is 5.92 Å². The third-order valence-electron chi connectivity index (χ3n) is 0.609. The van der Waals surface area contributed by atoms with Crippen LogP contribution >= 0.6 is 0 Å². The van der Waals surface area contributed by atoms with E-state index in [1.165, 1.54) is 6.82 Å². The highest BCUT2D eigenvalue weighted by Gasteiger charge is 2.03. The maximum Gasteiger partial charge on any atom is 0.484 e. The summed E-state index contributed by atoms with van der Waals surface area (Å²) in [5, 5.41) is 8.52. The molecule has 0 radical (unpaired) electrons. The summed E-state index contributed by atoms with van der Waals surface area (Å²) >= 11 is 0. The van der Waals surface area contributed by atoms with Crippen molar-refractivity contribution in [3.05, 3.63) is 0 Å². The fraction of sp³-hybridized carbons (Fsp3) is 1.00. The molecule has 3 nitrogen and oxygen atoms in total. The van der Waals surface area contributed by atoms with E-state index < -0.39 is 7.12 Å². The maximum atomic E-state index is 8.52. The lowest BCUT2D eigenvalue weighted by atomic mass is 9.98. The van der Waals surface area contributed by atoms with Gasteiger partial charge in [-0.15, -0.1) is 0 Å². The molecule has 1 N–H and O–H groups in total. The zero-order valence-electron chi connectivity index (χ0n) is 6.13. The van der Waals surface area contributed by atoms with E-state index in [0.29, 0.717) is 12.5 Å². The van der Waals surface area contributed by atoms with Gasteiger partial charge in [0, 0.05) is 0 Å². The minimum atomic E-state index is -0.830. The molecule has 54 valence electrons. The predicted octanol–water partition coefficient (Wildman–Crippen LogP) is 0.701. The van der Waals surface area contributed by atoms with E-state index in [1.54, 1.807) is 0 Å². The molecule has 4 heteroatoms. The molecular formula is C5H13BO3. The molecule has 0 unspecified atom stereocenters. The van der Waals surface area contributed by atoms with E-state index in [9.17, 15) is 0 Å². The Morgan fingerprint density at radius 1 is 1.56 bits per heavy atom. The molecule has 0 aromatic heterocycles. The average molecular weight is 132 g/mol. The van der Waals surface area contributed by atoms with Crippen molar-refractivity contribution < 1.29 is 14.7 Å². The second-order valence-electron chi connectivity index (χ2n) is 2.37. The van der Waals surface area contributed by atoms with Crippen molar-refractivity contribution in [2.45, 2.75) is 20.7 Å². The lowest BCUT2D eigenvalue weighted by molar-refractivity contribution is -0.229. The topological polar surface area (TPSA) is 38.7 Å². The van der Waals surface area contributed by atoms with Gasteiger partial charge in [-0.1, -0.05) is 13.8 Å². The summed E-state index contributed by atoms with van der Waals surface area (Å²) in [6, 6.07) is 0. The molecule has 0 atom stereocenters. The van der Waals surface area contributed by atoms with Crippen molar-refractivity contribution in [3.63, 3.8) is 0 Å². The summed E-state index contributed by atoms with van der Waals surface area (Å²) in [7, 11) is -0.830. The summed E-state index contributed by atoms with van der Waals surface area (Å²) in [6.45, 7) is 6.03. The second-order valence-corrected chi connectivity index (χ2v) is 2.37. The van der Waals surface area contributed by atoms with E-state index in [4.69, 9.17) is 5.02 Å². The lowest BCUT2D eigenvalue weighted by Gasteiger charge is -2.05. The lowest BCUT2D eigenvalue weighted by Crippen LogP contribution is -2.14. The molecule has 0 aliphatic rings. The third-order valence-corrected chi connectivity index (χ3v) is 0.609. The van der Waals surface area contributed by atoms with Gasteiger partial charge in [-0.05, 0) is 12.7 Å². The number of rotatable bonds is 4. The molecule has 0 aromatic carbocycles. The van der Waals surface area contributed by atoms with Crippen LogP contribution in [0.25, 0.3) is 0 Å². The first-order valence-electron chi connectivity index (χ1n) is 3.09. The molecule has 0 rings (SSSR count). The van der Waals surface area contributed by atoms with Crippen LogP contribution in [0.4, 0.5) is 0 Å². The van der Waals surface area contributed by atoms with Gasteiger partial charge in [0.15, 0.2) is 0 Å². The van der Waals surface area contributed by atoms with Crippen molar-refractivity contribution in [1.82, 2.24) is 0 Å². The van der Waals surface area contributed by atoms with Gasteiger partial charge < -0.3 is 5.02 Å². The Morgan fingerprint density at radius 2 is 2.11 bits per heavy atom. The highest BCUT2D eigenvalue weighted by molar-refractivity contribution is 6.40. The largest absolute Gasteiger partial charge is 0.484 e. The molecule has 0 bridgehead atoms. The first kappa shape index (κ1) is 8.94. The Labute approximate surface area is 56.0 Å². The molecule has 0 heterocycles. The van der Waals surface area contributed by atoms with Crippen LogP contribution in [0.2, 0.25) is 6.82 Å². The molecule has 0 aliphatic heterocycles. The Balaban J connectivity index is 2.91. The molecule has 0 fully saturated rings. The van der Waals surface area contributed by atoms with Gasteiger partial charge >= 0.3 is 7.12 Å². The van der Waals surface area contributed by atoms with Crippen LogP contribution in [0.1, 0.15) is 13.8 Å². The van der Waals surface area contributed by atoms with Crippen LogP contribution in [0.15, 0.2) is 0 Å². The molecular weight excluding hydrogens is 119 g/mol. The molecule has 0 amide bonds. The van der Waals surface area contributed by atoms with Gasteiger partial charge in [0.25, 0.3) is 0 Å². The summed E-state index contributed by atoms with van der Waals surface area (Å²) in [6.07, 6.45) is 0. The zero-order valence-corrected chi connectivity index (χ0v) is 6.13. The number of hydrogen-bond donors (Lipinski definition) is 1. The minimum absolute atomic E-state index is 0.434. The monoisotopic (exact) mass is 132 g/mol. The van der Waals surface area contributed by atoms with E-state index >= 15 is 0 Å². The van der Waals surface area contributed by atoms with Crippen LogP contribution in [-0.4, -0.2) is 18.7 Å². The highest BCUT2D eigenvalue weighted by atomic mass is 17.2. The van der Waals surface area contributed by atoms with E-state index in [0.717, 1.165) is 0 Å². The van der Waals surface area contributed by atoms with Crippen LogP contribution < -0.4 is 0 Å². The van der Waals surface area contributed by atoms with Crippen LogP contribution in [0.5, 0.6) is 0 Å². The van der Waals surface area contributed by atoms with E-state index in [1.807, 2.05) is 13.8 Å². The van der Waals surface area contributed by atoms with E-state index in [-0.39, 0.29) is 0 Å². The van der Waals surface area contributed by atoms with Gasteiger partial charge in [-0.2, -0.15) is 0 Å². The normalized spacial score (nSPS) is 10.3. The van der Waals surface area contributed by atoms with Crippen LogP contribution in [-0.2, 0) is 9.69 Å². The third kappa shape index (κ3) is 7.94. The second kappa shape index (κ2) is 4.79. The van der Waals surface area contributed by atoms with Gasteiger partial charge in [-0.3, -0.25) is 4.81 Å². The summed E-state index contributed by atoms with van der Waals surface area (Å²) < 4.78 is 0. The van der Waals surface area contributed by atoms with Gasteiger partial charge in [0.1, 0.15) is 0 Å². The van der Waals surface area contributed by atoms with Gasteiger partial charge in [0.05, 0.1) is 6.61 Å². The molecule has 0 aliphatic carbocycles. The smallest absolute Gasteiger partial charge is 0.426 e. The molecule has 9 heavy (non-hydrogen) atoms. The standard InChI is InChI=1S/C5H13BO3/c1-5(2)4-8-9-6(3)7/h5,7H,4H2,1-3H3. The highest BCUT2D eigenvalue weighted by Crippen LogP contribution is 1.93. The molecule has 0 spiro atoms. The average Bonchev–Trinajstić information content (AvgIpc) is 1.63. The first-order chi connectivity index (χ1) is 4.13. The zero-order chi connectivity index (χ0) is 7.28. The summed E-state index contributed by atoms with van der Waals surface area (Å²) in [5.74, 6) is 0.434. The fourth-order valence-electron chi connectivity index (χ4n) is 0.274. The summed E-state index contributed by atoms with van der Waals surface area (Å²) in [5.41, 5.74) is 0. The quantitative estimate of drug-likeness (QED) is 0.347. The van der Waals surface area contributed by atoms with Crippen LogP contribution in [0.3, 0.4) is 0 Å². The van der Waals surface area contributed by atoms with Crippen molar-refractivity contribution in [1.29, 1.82) is 0 Å². The Kier molecular flexibility index (Phi) is 4.76. The van der Waals surface area contributed by atoms with Gasteiger partial charge in [-0.25, -0.2) is 4.89 Å². The number of hydrogen-bond acceptors (Lipinski definition) is 3. The Hall–Kier alpha value is -0.0551. The minimum Gasteiger partial charge on any atom is -0.426 e. The maximum absolute atomic E-state index is 8.52. The first-order valence-corrected chi connectivity index (χ1v) is 3.09. The molecule has 0 aromatic rings. The van der Waals surface area contributed by atoms with Crippen molar-refractivity contribution >= 4 is 7.12 Å². The fourth-order valence-corrected chi connectivity index (χ4v) is 0.274. The van der Waals surface area contributed by atoms with E-state index in [2.05, 4.69) is 9.69 Å². The van der Waals surface area contributed by atoms with Crippen molar-refractivity contribution in [2.24, 2.45) is 5.92 Å². The Morgan fingerprint density at radius 3 is 2.44 bits per heavy atom. The molecule has 0 saturated heterocycles. The summed E-state index contributed by atoms with van der Waals surface area (Å²) in [4.78, 5) is 9.01. The SMILES string of the molecule is CB(O)OOCC(C)C. The Bertz CT molecular complexity index is 57.2. The van der Waals surface area contributed by atoms with Crippen molar-refractivity contribution in [2.75, 3.05) is 6.61 Å². The predicted molar refractivity (Wildman–Crippen MR) is 35.7 cm³/mol. The van der Waals surface area contributed by atoms with Crippen molar-refractivity contribution in [3.8, 4) is 0 Å². The van der Waals surface area contributed by atoms with Gasteiger partial charge in [0.2, 0.25) is 0 Å². The molecule has 0 saturated carbocycles.